The summed E-state index contributed by atoms with van der Waals surface area (Å²) in [6, 6.07) is 7.04. The van der Waals surface area contributed by atoms with Gasteiger partial charge in [-0.1, -0.05) is 24.3 Å². The standard InChI is InChI=1S/C15H17NO3/c1-15(2,3)19-14(18)12-8-9-16-13(17)11-7-5-4-6-10(11)12/h4-8H,9H2,1-3H3,(H,16,17). The van der Waals surface area contributed by atoms with Crippen LogP contribution >= 0.6 is 0 Å². The third kappa shape index (κ3) is 3.02. The third-order valence-electron chi connectivity index (χ3n) is 2.65. The Morgan fingerprint density at radius 3 is 2.47 bits per heavy atom. The van der Waals surface area contributed by atoms with Crippen molar-refractivity contribution in [1.82, 2.24) is 5.32 Å². The summed E-state index contributed by atoms with van der Waals surface area (Å²) < 4.78 is 5.38. The number of carbonyl (C=O) groups is 2. The first kappa shape index (κ1) is 13.3. The molecule has 100 valence electrons. The molecular formula is C15H17NO3. The zero-order valence-electron chi connectivity index (χ0n) is 11.3. The molecule has 0 aliphatic carbocycles. The van der Waals surface area contributed by atoms with Crippen LogP contribution in [0.15, 0.2) is 30.3 Å². The van der Waals surface area contributed by atoms with E-state index in [-0.39, 0.29) is 5.91 Å². The van der Waals surface area contributed by atoms with Crippen LogP contribution in [-0.2, 0) is 9.53 Å². The largest absolute Gasteiger partial charge is 0.456 e. The van der Waals surface area contributed by atoms with E-state index in [1.165, 1.54) is 0 Å². The maximum Gasteiger partial charge on any atom is 0.339 e. The quantitative estimate of drug-likeness (QED) is 0.786. The number of nitrogens with one attached hydrogen (secondary N) is 1. The molecule has 1 aromatic rings. The molecule has 1 N–H and O–H groups in total. The maximum absolute atomic E-state index is 12.2. The van der Waals surface area contributed by atoms with E-state index in [9.17, 15) is 9.59 Å². The number of fused-ring (bicyclic) bond motifs is 1. The van der Waals surface area contributed by atoms with E-state index in [0.717, 1.165) is 0 Å². The maximum atomic E-state index is 12.2. The second-order valence-electron chi connectivity index (χ2n) is 5.38. The summed E-state index contributed by atoms with van der Waals surface area (Å²) in [5, 5.41) is 2.73. The van der Waals surface area contributed by atoms with Crippen LogP contribution in [0.1, 0.15) is 36.7 Å². The summed E-state index contributed by atoms with van der Waals surface area (Å²) in [4.78, 5) is 24.1. The third-order valence-corrected chi connectivity index (χ3v) is 2.65. The van der Waals surface area contributed by atoms with E-state index >= 15 is 0 Å². The number of hydrogen-bond acceptors (Lipinski definition) is 3. The lowest BCUT2D eigenvalue weighted by atomic mass is 9.99. The summed E-state index contributed by atoms with van der Waals surface area (Å²) in [5.41, 5.74) is 0.990. The van der Waals surface area contributed by atoms with E-state index in [0.29, 0.717) is 23.2 Å². The van der Waals surface area contributed by atoms with E-state index in [1.54, 1.807) is 30.3 Å². The average Bonchev–Trinajstić information content (AvgIpc) is 2.47. The molecule has 0 fully saturated rings. The fourth-order valence-corrected chi connectivity index (χ4v) is 1.89. The van der Waals surface area contributed by atoms with Crippen molar-refractivity contribution >= 4 is 17.4 Å². The molecule has 0 bridgehead atoms. The minimum Gasteiger partial charge on any atom is -0.456 e. The van der Waals surface area contributed by atoms with Crippen molar-refractivity contribution in [3.63, 3.8) is 0 Å². The van der Waals surface area contributed by atoms with Gasteiger partial charge in [-0.05, 0) is 26.8 Å². The number of esters is 1. The zero-order chi connectivity index (χ0) is 14.0. The summed E-state index contributed by atoms with van der Waals surface area (Å²) in [6.07, 6.45) is 1.69. The zero-order valence-corrected chi connectivity index (χ0v) is 11.3. The van der Waals surface area contributed by atoms with E-state index in [1.807, 2.05) is 20.8 Å². The smallest absolute Gasteiger partial charge is 0.339 e. The van der Waals surface area contributed by atoms with Gasteiger partial charge in [-0.2, -0.15) is 0 Å². The Labute approximate surface area is 112 Å². The van der Waals surface area contributed by atoms with Crippen molar-refractivity contribution in [2.24, 2.45) is 0 Å². The van der Waals surface area contributed by atoms with Gasteiger partial charge in [-0.15, -0.1) is 0 Å². The van der Waals surface area contributed by atoms with Crippen LogP contribution in [0.5, 0.6) is 0 Å². The molecule has 0 saturated carbocycles. The van der Waals surface area contributed by atoms with Crippen LogP contribution in [0.2, 0.25) is 0 Å². The predicted octanol–water partition coefficient (Wildman–Crippen LogP) is 2.16. The molecule has 2 rings (SSSR count). The van der Waals surface area contributed by atoms with Crippen LogP contribution < -0.4 is 5.32 Å². The Morgan fingerprint density at radius 2 is 1.84 bits per heavy atom. The van der Waals surface area contributed by atoms with Gasteiger partial charge in [0.05, 0.1) is 5.57 Å². The van der Waals surface area contributed by atoms with Gasteiger partial charge in [0.1, 0.15) is 5.60 Å². The minimum absolute atomic E-state index is 0.176. The van der Waals surface area contributed by atoms with Crippen molar-refractivity contribution in [3.05, 3.63) is 41.5 Å². The van der Waals surface area contributed by atoms with Crippen LogP contribution in [0, 0.1) is 0 Å². The van der Waals surface area contributed by atoms with Gasteiger partial charge in [0, 0.05) is 17.7 Å². The number of hydrogen-bond donors (Lipinski definition) is 1. The molecule has 0 aromatic heterocycles. The summed E-state index contributed by atoms with van der Waals surface area (Å²) in [7, 11) is 0. The fourth-order valence-electron chi connectivity index (χ4n) is 1.89. The highest BCUT2D eigenvalue weighted by atomic mass is 16.6. The molecule has 0 atom stereocenters. The predicted molar refractivity (Wildman–Crippen MR) is 72.6 cm³/mol. The molecule has 0 radical (unpaired) electrons. The van der Waals surface area contributed by atoms with Crippen molar-refractivity contribution in [2.75, 3.05) is 6.54 Å². The summed E-state index contributed by atoms with van der Waals surface area (Å²) in [6.45, 7) is 5.77. The van der Waals surface area contributed by atoms with Crippen molar-refractivity contribution in [2.45, 2.75) is 26.4 Å². The van der Waals surface area contributed by atoms with Crippen molar-refractivity contribution < 1.29 is 14.3 Å². The first-order chi connectivity index (χ1) is 8.88. The first-order valence-electron chi connectivity index (χ1n) is 6.19. The Morgan fingerprint density at radius 1 is 1.21 bits per heavy atom. The molecule has 19 heavy (non-hydrogen) atoms. The van der Waals surface area contributed by atoms with Crippen molar-refractivity contribution in [1.29, 1.82) is 0 Å². The van der Waals surface area contributed by atoms with E-state index in [2.05, 4.69) is 5.32 Å². The molecule has 1 aliphatic heterocycles. The van der Waals surface area contributed by atoms with Crippen molar-refractivity contribution in [3.8, 4) is 0 Å². The first-order valence-corrected chi connectivity index (χ1v) is 6.19. The summed E-state index contributed by atoms with van der Waals surface area (Å²) >= 11 is 0. The second kappa shape index (κ2) is 4.88. The Kier molecular flexibility index (Phi) is 3.42. The van der Waals surface area contributed by atoms with E-state index in [4.69, 9.17) is 4.74 Å². The van der Waals surface area contributed by atoms with Gasteiger partial charge < -0.3 is 10.1 Å². The lowest BCUT2D eigenvalue weighted by Gasteiger charge is -2.20. The van der Waals surface area contributed by atoms with Gasteiger partial charge in [0.15, 0.2) is 0 Å². The molecule has 4 heteroatoms. The van der Waals surface area contributed by atoms with Gasteiger partial charge in [-0.3, -0.25) is 4.79 Å². The molecule has 1 amide bonds. The van der Waals surface area contributed by atoms with Gasteiger partial charge in [0.2, 0.25) is 0 Å². The van der Waals surface area contributed by atoms with Gasteiger partial charge in [-0.25, -0.2) is 4.79 Å². The molecule has 1 aliphatic rings. The highest BCUT2D eigenvalue weighted by Gasteiger charge is 2.25. The number of benzene rings is 1. The Balaban J connectivity index is 2.41. The monoisotopic (exact) mass is 259 g/mol. The lowest BCUT2D eigenvalue weighted by molar-refractivity contribution is -0.147. The molecule has 1 aromatic carbocycles. The number of carbonyl (C=O) groups excluding carboxylic acids is 2. The molecule has 1 heterocycles. The van der Waals surface area contributed by atoms with Crippen LogP contribution in [0.25, 0.3) is 5.57 Å². The minimum atomic E-state index is -0.559. The van der Waals surface area contributed by atoms with Crippen LogP contribution in [0.4, 0.5) is 0 Å². The molecule has 4 nitrogen and oxygen atoms in total. The lowest BCUT2D eigenvalue weighted by Crippen LogP contribution is -2.24. The Hall–Kier alpha value is -2.10. The normalized spacial score (nSPS) is 14.9. The van der Waals surface area contributed by atoms with Crippen LogP contribution in [0.3, 0.4) is 0 Å². The van der Waals surface area contributed by atoms with Gasteiger partial charge in [0.25, 0.3) is 5.91 Å². The molecule has 0 unspecified atom stereocenters. The molecular weight excluding hydrogens is 242 g/mol. The average molecular weight is 259 g/mol. The highest BCUT2D eigenvalue weighted by Crippen LogP contribution is 2.24. The van der Waals surface area contributed by atoms with Gasteiger partial charge >= 0.3 is 5.97 Å². The fraction of sp³-hybridized carbons (Fsp3) is 0.333. The SMILES string of the molecule is CC(C)(C)OC(=O)C1=CCNC(=O)c2ccccc21. The number of amides is 1. The van der Waals surface area contributed by atoms with E-state index < -0.39 is 11.6 Å². The Bertz CT molecular complexity index is 553. The molecule has 0 saturated heterocycles. The highest BCUT2D eigenvalue weighted by molar-refractivity contribution is 6.20. The topological polar surface area (TPSA) is 55.4 Å². The second-order valence-corrected chi connectivity index (χ2v) is 5.38. The molecule has 0 spiro atoms. The number of ether oxygens (including phenoxy) is 1. The summed E-state index contributed by atoms with van der Waals surface area (Å²) in [5.74, 6) is -0.582. The van der Waals surface area contributed by atoms with Crippen LogP contribution in [-0.4, -0.2) is 24.0 Å². The number of rotatable bonds is 1.